The standard InChI is InChI=1S/C17H24N4O6/c1-9-3-2-4-12(26-16(24)10(18)5-7-13(20)22)15(9)27-17(25)11(19)6-8-14(21)23/h2-4,10-11H,5-8,18-19H2,1H3,(H2,20,22)(H2,21,23)/t10-,11-/m0/s1. The van der Waals surface area contributed by atoms with E-state index in [1.54, 1.807) is 19.1 Å². The van der Waals surface area contributed by atoms with Crippen molar-refractivity contribution in [3.8, 4) is 11.5 Å². The lowest BCUT2D eigenvalue weighted by molar-refractivity contribution is -0.139. The SMILES string of the molecule is Cc1cccc(OC(=O)[C@@H](N)CCC(N)=O)c1OC(=O)[C@@H](N)CCC(N)=O. The second-order valence-electron chi connectivity index (χ2n) is 5.97. The third-order valence-corrected chi connectivity index (χ3v) is 3.60. The fourth-order valence-corrected chi connectivity index (χ4v) is 2.03. The fourth-order valence-electron chi connectivity index (χ4n) is 2.03. The Hall–Kier alpha value is -2.98. The summed E-state index contributed by atoms with van der Waals surface area (Å²) in [6.45, 7) is 1.64. The van der Waals surface area contributed by atoms with Crippen molar-refractivity contribution in [2.45, 2.75) is 44.7 Å². The number of aryl methyl sites for hydroxylation is 1. The Balaban J connectivity index is 2.84. The van der Waals surface area contributed by atoms with Gasteiger partial charge in [-0.2, -0.15) is 0 Å². The number of carbonyl (C=O) groups is 4. The molecule has 0 fully saturated rings. The molecule has 0 spiro atoms. The number of nitrogens with two attached hydrogens (primary N) is 4. The number of rotatable bonds is 10. The van der Waals surface area contributed by atoms with E-state index in [2.05, 4.69) is 0 Å². The summed E-state index contributed by atoms with van der Waals surface area (Å²) in [6, 6.07) is 2.51. The Bertz CT molecular complexity index is 721. The number of benzene rings is 1. The summed E-state index contributed by atoms with van der Waals surface area (Å²) >= 11 is 0. The minimum absolute atomic E-state index is 0.00692. The Kier molecular flexibility index (Phi) is 8.36. The molecule has 0 aliphatic rings. The van der Waals surface area contributed by atoms with Crippen molar-refractivity contribution in [1.82, 2.24) is 0 Å². The molecule has 0 saturated carbocycles. The monoisotopic (exact) mass is 380 g/mol. The third-order valence-electron chi connectivity index (χ3n) is 3.60. The summed E-state index contributed by atoms with van der Waals surface area (Å²) < 4.78 is 10.4. The molecular formula is C17H24N4O6. The van der Waals surface area contributed by atoms with E-state index in [0.717, 1.165) is 0 Å². The minimum Gasteiger partial charge on any atom is -0.421 e. The molecule has 0 aliphatic carbocycles. The number of hydrogen-bond acceptors (Lipinski definition) is 8. The van der Waals surface area contributed by atoms with Gasteiger partial charge in [0.05, 0.1) is 0 Å². The molecule has 0 unspecified atom stereocenters. The molecular weight excluding hydrogens is 356 g/mol. The van der Waals surface area contributed by atoms with Crippen molar-refractivity contribution in [3.05, 3.63) is 23.8 Å². The topological polar surface area (TPSA) is 191 Å². The van der Waals surface area contributed by atoms with Crippen molar-refractivity contribution < 1.29 is 28.7 Å². The van der Waals surface area contributed by atoms with E-state index >= 15 is 0 Å². The Morgan fingerprint density at radius 1 is 0.889 bits per heavy atom. The van der Waals surface area contributed by atoms with Gasteiger partial charge in [-0.25, -0.2) is 9.59 Å². The van der Waals surface area contributed by atoms with E-state index in [4.69, 9.17) is 32.4 Å². The fraction of sp³-hybridized carbons (Fsp3) is 0.412. The van der Waals surface area contributed by atoms with Gasteiger partial charge >= 0.3 is 11.9 Å². The quantitative estimate of drug-likeness (QED) is 0.293. The smallest absolute Gasteiger partial charge is 0.328 e. The number of carbonyl (C=O) groups excluding carboxylic acids is 4. The molecule has 0 bridgehead atoms. The maximum Gasteiger partial charge on any atom is 0.328 e. The molecule has 10 heteroatoms. The summed E-state index contributed by atoms with van der Waals surface area (Å²) in [4.78, 5) is 45.8. The molecule has 8 N–H and O–H groups in total. The van der Waals surface area contributed by atoms with E-state index in [1.165, 1.54) is 6.07 Å². The molecule has 1 aromatic carbocycles. The van der Waals surface area contributed by atoms with Gasteiger partial charge in [0.25, 0.3) is 0 Å². The molecule has 0 saturated heterocycles. The molecule has 10 nitrogen and oxygen atoms in total. The number of hydrogen-bond donors (Lipinski definition) is 4. The van der Waals surface area contributed by atoms with E-state index in [1.807, 2.05) is 0 Å². The maximum absolute atomic E-state index is 12.1. The summed E-state index contributed by atoms with van der Waals surface area (Å²) in [5.74, 6) is -2.81. The maximum atomic E-state index is 12.1. The summed E-state index contributed by atoms with van der Waals surface area (Å²) in [5, 5.41) is 0. The van der Waals surface area contributed by atoms with Gasteiger partial charge in [-0.3, -0.25) is 9.59 Å². The third kappa shape index (κ3) is 7.42. The highest BCUT2D eigenvalue weighted by Crippen LogP contribution is 2.31. The van der Waals surface area contributed by atoms with E-state index < -0.39 is 35.8 Å². The number of esters is 2. The van der Waals surface area contributed by atoms with Crippen LogP contribution in [0.1, 0.15) is 31.2 Å². The highest BCUT2D eigenvalue weighted by molar-refractivity contribution is 5.83. The van der Waals surface area contributed by atoms with Crippen LogP contribution in [0, 0.1) is 6.92 Å². The highest BCUT2D eigenvalue weighted by atomic mass is 16.6. The molecule has 0 aromatic heterocycles. The van der Waals surface area contributed by atoms with Crippen LogP contribution in [0.2, 0.25) is 0 Å². The molecule has 1 aromatic rings. The Labute approximate surface area is 156 Å². The highest BCUT2D eigenvalue weighted by Gasteiger charge is 2.23. The van der Waals surface area contributed by atoms with Crippen molar-refractivity contribution in [3.63, 3.8) is 0 Å². The first-order valence-corrected chi connectivity index (χ1v) is 8.22. The zero-order valence-electron chi connectivity index (χ0n) is 15.0. The van der Waals surface area contributed by atoms with Gasteiger partial charge in [-0.15, -0.1) is 0 Å². The summed E-state index contributed by atoms with van der Waals surface area (Å²) in [6.07, 6.45) is -0.0957. The first-order valence-electron chi connectivity index (χ1n) is 8.22. The van der Waals surface area contributed by atoms with Crippen molar-refractivity contribution in [2.75, 3.05) is 0 Å². The van der Waals surface area contributed by atoms with Crippen LogP contribution in [-0.4, -0.2) is 35.8 Å². The predicted octanol–water partition coefficient (Wildman–Crippen LogP) is -1.01. The lowest BCUT2D eigenvalue weighted by atomic mass is 10.1. The van der Waals surface area contributed by atoms with Crippen LogP contribution in [0.4, 0.5) is 0 Å². The van der Waals surface area contributed by atoms with Gasteiger partial charge in [-0.1, -0.05) is 12.1 Å². The van der Waals surface area contributed by atoms with Crippen molar-refractivity contribution in [2.24, 2.45) is 22.9 Å². The normalized spacial score (nSPS) is 12.7. The van der Waals surface area contributed by atoms with E-state index in [-0.39, 0.29) is 37.2 Å². The Morgan fingerprint density at radius 2 is 1.37 bits per heavy atom. The van der Waals surface area contributed by atoms with Gasteiger partial charge < -0.3 is 32.4 Å². The average Bonchev–Trinajstić information content (AvgIpc) is 2.59. The Morgan fingerprint density at radius 3 is 1.85 bits per heavy atom. The van der Waals surface area contributed by atoms with Gasteiger partial charge in [0.1, 0.15) is 12.1 Å². The largest absolute Gasteiger partial charge is 0.421 e. The van der Waals surface area contributed by atoms with Gasteiger partial charge in [0.2, 0.25) is 11.8 Å². The van der Waals surface area contributed by atoms with Gasteiger partial charge in [0, 0.05) is 12.8 Å². The van der Waals surface area contributed by atoms with Gasteiger partial charge in [-0.05, 0) is 31.4 Å². The molecule has 0 heterocycles. The van der Waals surface area contributed by atoms with Crippen LogP contribution < -0.4 is 32.4 Å². The van der Waals surface area contributed by atoms with Crippen molar-refractivity contribution >= 4 is 23.8 Å². The molecule has 0 aliphatic heterocycles. The van der Waals surface area contributed by atoms with Crippen LogP contribution in [-0.2, 0) is 19.2 Å². The second-order valence-corrected chi connectivity index (χ2v) is 5.97. The van der Waals surface area contributed by atoms with Crippen LogP contribution in [0.5, 0.6) is 11.5 Å². The first-order chi connectivity index (χ1) is 12.6. The zero-order chi connectivity index (χ0) is 20.6. The molecule has 148 valence electrons. The number of ether oxygens (including phenoxy) is 2. The molecule has 1 rings (SSSR count). The van der Waals surface area contributed by atoms with E-state index in [9.17, 15) is 19.2 Å². The van der Waals surface area contributed by atoms with Gasteiger partial charge in [0.15, 0.2) is 11.5 Å². The average molecular weight is 380 g/mol. The lowest BCUT2D eigenvalue weighted by Crippen LogP contribution is -2.36. The molecule has 27 heavy (non-hydrogen) atoms. The zero-order valence-corrected chi connectivity index (χ0v) is 15.0. The molecule has 2 amide bonds. The molecule has 0 radical (unpaired) electrons. The van der Waals surface area contributed by atoms with Crippen LogP contribution in [0.25, 0.3) is 0 Å². The first kappa shape index (κ1) is 22.1. The van der Waals surface area contributed by atoms with Crippen LogP contribution in [0.15, 0.2) is 18.2 Å². The number of para-hydroxylation sites is 1. The lowest BCUT2D eigenvalue weighted by Gasteiger charge is -2.16. The minimum atomic E-state index is -1.07. The second kappa shape index (κ2) is 10.2. The van der Waals surface area contributed by atoms with Crippen LogP contribution in [0.3, 0.4) is 0 Å². The number of amides is 2. The number of primary amides is 2. The summed E-state index contributed by atoms with van der Waals surface area (Å²) in [5.41, 5.74) is 21.9. The van der Waals surface area contributed by atoms with E-state index in [0.29, 0.717) is 5.56 Å². The molecule has 2 atom stereocenters. The predicted molar refractivity (Wildman–Crippen MR) is 95.3 cm³/mol. The van der Waals surface area contributed by atoms with Crippen molar-refractivity contribution in [1.29, 1.82) is 0 Å². The summed E-state index contributed by atoms with van der Waals surface area (Å²) in [7, 11) is 0. The van der Waals surface area contributed by atoms with Crippen LogP contribution >= 0.6 is 0 Å².